The number of hydrogen-bond donors (Lipinski definition) is 2. The van der Waals surface area contributed by atoms with Gasteiger partial charge in [-0.25, -0.2) is 0 Å². The minimum Gasteiger partial charge on any atom is -0.393 e. The Kier molecular flexibility index (Phi) is 6.51. The van der Waals surface area contributed by atoms with E-state index in [1.807, 2.05) is 0 Å². The molecule has 5 heteroatoms. The van der Waals surface area contributed by atoms with E-state index in [1.54, 1.807) is 0 Å². The highest BCUT2D eigenvalue weighted by Gasteiger charge is 2.83. The molecule has 7 unspecified atom stereocenters. The summed E-state index contributed by atoms with van der Waals surface area (Å²) in [5.41, 5.74) is -0.105. The van der Waals surface area contributed by atoms with Crippen LogP contribution in [0.15, 0.2) is 4.99 Å². The molecule has 0 radical (unpaired) electrons. The quantitative estimate of drug-likeness (QED) is 0.498. The van der Waals surface area contributed by atoms with Gasteiger partial charge < -0.3 is 15.3 Å². The van der Waals surface area contributed by atoms with Crippen molar-refractivity contribution in [1.29, 1.82) is 0 Å². The number of amidine groups is 1. The molecule has 0 saturated heterocycles. The summed E-state index contributed by atoms with van der Waals surface area (Å²) in [6, 6.07) is 0.658. The molecule has 0 bridgehead atoms. The molecule has 4 fully saturated rings. The smallest absolute Gasteiger partial charge is 0.140 e. The lowest BCUT2D eigenvalue weighted by molar-refractivity contribution is -0.161. The fourth-order valence-corrected chi connectivity index (χ4v) is 10.4. The lowest BCUT2D eigenvalue weighted by Crippen LogP contribution is -2.59. The maximum absolute atomic E-state index is 14.4. The molecule has 1 aliphatic heterocycles. The summed E-state index contributed by atoms with van der Waals surface area (Å²) in [4.78, 5) is 21.8. The van der Waals surface area contributed by atoms with Gasteiger partial charge in [-0.2, -0.15) is 0 Å². The van der Waals surface area contributed by atoms with Crippen LogP contribution in [0, 0.1) is 45.3 Å². The molecule has 11 atom stereocenters. The van der Waals surface area contributed by atoms with Crippen LogP contribution in [-0.2, 0) is 4.79 Å². The SMILES string of the molecule is CCC(C)C1=NC(CCC23CC24C(=O)CC2(C)C([C@H](C)N(C)C)[C@H](O)C[C@@]2(C)C4CC[C@H]3C)CCN1. The summed E-state index contributed by atoms with van der Waals surface area (Å²) in [6.45, 7) is 15.1. The van der Waals surface area contributed by atoms with Crippen molar-refractivity contribution < 1.29 is 9.90 Å². The van der Waals surface area contributed by atoms with Crippen molar-refractivity contribution in [3.8, 4) is 0 Å². The van der Waals surface area contributed by atoms with E-state index in [-0.39, 0.29) is 39.7 Å². The topological polar surface area (TPSA) is 64.9 Å². The van der Waals surface area contributed by atoms with Crippen molar-refractivity contribution in [3.05, 3.63) is 0 Å². The van der Waals surface area contributed by atoms with Crippen molar-refractivity contribution in [2.45, 2.75) is 118 Å². The Morgan fingerprint density at radius 3 is 2.56 bits per heavy atom. The lowest BCUT2D eigenvalue weighted by atomic mass is 9.44. The molecule has 0 aromatic carbocycles. The minimum absolute atomic E-state index is 0.0216. The van der Waals surface area contributed by atoms with Crippen LogP contribution in [0.1, 0.15) is 99.3 Å². The first-order chi connectivity index (χ1) is 16.9. The average molecular weight is 500 g/mol. The number of hydrogen-bond acceptors (Lipinski definition) is 5. The van der Waals surface area contributed by atoms with Crippen LogP contribution in [0.25, 0.3) is 0 Å². The number of carbonyl (C=O) groups excluding carboxylic acids is 1. The Labute approximate surface area is 220 Å². The summed E-state index contributed by atoms with van der Waals surface area (Å²) in [5, 5.41) is 15.0. The van der Waals surface area contributed by atoms with E-state index < -0.39 is 0 Å². The molecule has 0 amide bonds. The number of rotatable bonds is 7. The van der Waals surface area contributed by atoms with Gasteiger partial charge in [-0.1, -0.05) is 34.6 Å². The number of Topliss-reactive ketones (excluding diaryl/α,β-unsaturated/α-hetero) is 1. The predicted octanol–water partition coefficient (Wildman–Crippen LogP) is 5.31. The van der Waals surface area contributed by atoms with Crippen molar-refractivity contribution >= 4 is 11.6 Å². The highest BCUT2D eigenvalue weighted by molar-refractivity contribution is 5.92. The molecule has 5 nitrogen and oxygen atoms in total. The molecular weight excluding hydrogens is 446 g/mol. The number of fused-ring (bicyclic) bond motifs is 2. The molecule has 1 spiro atoms. The molecule has 0 aromatic rings. The Hall–Kier alpha value is -0.940. The Morgan fingerprint density at radius 2 is 1.89 bits per heavy atom. The average Bonchev–Trinajstić information content (AvgIpc) is 3.48. The third-order valence-electron chi connectivity index (χ3n) is 13.1. The lowest BCUT2D eigenvalue weighted by Gasteiger charge is -2.59. The van der Waals surface area contributed by atoms with Crippen molar-refractivity contribution in [2.24, 2.45) is 50.3 Å². The number of aliphatic hydroxyl groups excluding tert-OH is 1. The Morgan fingerprint density at radius 1 is 1.17 bits per heavy atom. The fourth-order valence-electron chi connectivity index (χ4n) is 10.4. The highest BCUT2D eigenvalue weighted by atomic mass is 16.3. The Bertz CT molecular complexity index is 917. The van der Waals surface area contributed by atoms with Crippen LogP contribution in [0.4, 0.5) is 0 Å². The van der Waals surface area contributed by atoms with E-state index in [1.165, 1.54) is 12.3 Å². The van der Waals surface area contributed by atoms with Gasteiger partial charge in [0.2, 0.25) is 0 Å². The molecule has 5 rings (SSSR count). The number of carbonyl (C=O) groups is 1. The Balaban J connectivity index is 1.43. The van der Waals surface area contributed by atoms with Crippen LogP contribution in [-0.4, -0.2) is 60.5 Å². The van der Waals surface area contributed by atoms with E-state index in [0.717, 1.165) is 51.5 Å². The second-order valence-electron chi connectivity index (χ2n) is 14.5. The summed E-state index contributed by atoms with van der Waals surface area (Å²) < 4.78 is 0. The van der Waals surface area contributed by atoms with Gasteiger partial charge >= 0.3 is 0 Å². The molecule has 204 valence electrons. The van der Waals surface area contributed by atoms with Crippen LogP contribution in [0.5, 0.6) is 0 Å². The molecule has 1 heterocycles. The third-order valence-corrected chi connectivity index (χ3v) is 13.1. The molecule has 0 aromatic heterocycles. The first-order valence-corrected chi connectivity index (χ1v) is 15.1. The summed E-state index contributed by atoms with van der Waals surface area (Å²) >= 11 is 0. The molecule has 4 saturated carbocycles. The zero-order valence-corrected chi connectivity index (χ0v) is 24.4. The maximum atomic E-state index is 14.4. The van der Waals surface area contributed by atoms with E-state index in [0.29, 0.717) is 36.0 Å². The van der Waals surface area contributed by atoms with Gasteiger partial charge in [-0.3, -0.25) is 9.79 Å². The number of aliphatic imine (C=N–C) groups is 1. The summed E-state index contributed by atoms with van der Waals surface area (Å²) in [5.74, 6) is 3.40. The normalized spacial score (nSPS) is 49.4. The summed E-state index contributed by atoms with van der Waals surface area (Å²) in [7, 11) is 4.24. The summed E-state index contributed by atoms with van der Waals surface area (Å²) in [6.07, 6.45) is 9.14. The van der Waals surface area contributed by atoms with E-state index in [2.05, 4.69) is 65.9 Å². The van der Waals surface area contributed by atoms with Crippen LogP contribution < -0.4 is 5.32 Å². The van der Waals surface area contributed by atoms with E-state index >= 15 is 0 Å². The van der Waals surface area contributed by atoms with Gasteiger partial charge in [-0.05, 0) is 100 Å². The maximum Gasteiger partial charge on any atom is 0.140 e. The number of aliphatic hydroxyl groups is 1. The van der Waals surface area contributed by atoms with Gasteiger partial charge in [0.25, 0.3) is 0 Å². The van der Waals surface area contributed by atoms with Crippen LogP contribution in [0.2, 0.25) is 0 Å². The molecule has 2 N–H and O–H groups in total. The molecular formula is C31H53N3O2. The zero-order valence-electron chi connectivity index (χ0n) is 24.4. The zero-order chi connectivity index (χ0) is 26.3. The van der Waals surface area contributed by atoms with Gasteiger partial charge in [0.05, 0.1) is 18.0 Å². The second-order valence-corrected chi connectivity index (χ2v) is 14.5. The second kappa shape index (κ2) is 8.79. The van der Waals surface area contributed by atoms with Crippen LogP contribution >= 0.6 is 0 Å². The van der Waals surface area contributed by atoms with Gasteiger partial charge in [0.15, 0.2) is 0 Å². The standard InChI is InChI=1S/C31H53N3O2/c1-9-19(2)27-32-15-13-22(33-27)12-14-30-18-31(30)24(11-10-20(30)3)28(5)16-23(35)26(21(4)34(7)8)29(28,6)17-25(31)36/h19-24,26,35H,9-18H2,1-8H3,(H,32,33)/t19?,20-,21+,22?,23-,24?,26?,28+,29?,30?,31?/m1/s1. The van der Waals surface area contributed by atoms with Crippen molar-refractivity contribution in [3.63, 3.8) is 0 Å². The van der Waals surface area contributed by atoms with Crippen molar-refractivity contribution in [2.75, 3.05) is 20.6 Å². The molecule has 36 heavy (non-hydrogen) atoms. The fraction of sp³-hybridized carbons (Fsp3) is 0.935. The highest BCUT2D eigenvalue weighted by Crippen LogP contribution is 2.85. The predicted molar refractivity (Wildman–Crippen MR) is 147 cm³/mol. The van der Waals surface area contributed by atoms with Crippen molar-refractivity contribution in [1.82, 2.24) is 10.2 Å². The van der Waals surface area contributed by atoms with Gasteiger partial charge in [0.1, 0.15) is 5.78 Å². The minimum atomic E-state index is -0.323. The largest absolute Gasteiger partial charge is 0.393 e. The number of ketones is 1. The van der Waals surface area contributed by atoms with Gasteiger partial charge in [0, 0.05) is 36.3 Å². The number of nitrogens with one attached hydrogen (secondary N) is 1. The first-order valence-electron chi connectivity index (χ1n) is 15.1. The van der Waals surface area contributed by atoms with Crippen LogP contribution in [0.3, 0.4) is 0 Å². The third kappa shape index (κ3) is 3.39. The molecule has 5 aliphatic rings. The first kappa shape index (κ1) is 26.7. The number of nitrogens with zero attached hydrogens (tertiary/aromatic N) is 2. The molecule has 4 aliphatic carbocycles. The van der Waals surface area contributed by atoms with E-state index in [4.69, 9.17) is 4.99 Å². The van der Waals surface area contributed by atoms with E-state index in [9.17, 15) is 9.90 Å². The van der Waals surface area contributed by atoms with Gasteiger partial charge in [-0.15, -0.1) is 0 Å². The monoisotopic (exact) mass is 499 g/mol.